The van der Waals surface area contributed by atoms with E-state index >= 15 is 0 Å². The van der Waals surface area contributed by atoms with E-state index in [9.17, 15) is 0 Å². The van der Waals surface area contributed by atoms with E-state index in [1.165, 1.54) is 17.5 Å². The molecule has 1 atom stereocenters. The third-order valence-corrected chi connectivity index (χ3v) is 3.33. The summed E-state index contributed by atoms with van der Waals surface area (Å²) in [5.74, 6) is 0. The highest BCUT2D eigenvalue weighted by molar-refractivity contribution is 5.26. The van der Waals surface area contributed by atoms with Gasteiger partial charge in [-0.15, -0.1) is 0 Å². The van der Waals surface area contributed by atoms with Crippen molar-refractivity contribution in [2.75, 3.05) is 6.54 Å². The van der Waals surface area contributed by atoms with Gasteiger partial charge in [0, 0.05) is 19.1 Å². The third kappa shape index (κ3) is 3.32. The zero-order chi connectivity index (χ0) is 12.0. The summed E-state index contributed by atoms with van der Waals surface area (Å²) >= 11 is 0. The molecule has 0 aliphatic rings. The Hall–Kier alpha value is -0.860. The van der Waals surface area contributed by atoms with Crippen LogP contribution in [0.1, 0.15) is 38.3 Å². The van der Waals surface area contributed by atoms with E-state index < -0.39 is 0 Å². The molecule has 0 aliphatic carbocycles. The van der Waals surface area contributed by atoms with Crippen LogP contribution >= 0.6 is 0 Å². The highest BCUT2D eigenvalue weighted by atomic mass is 15.1. The summed E-state index contributed by atoms with van der Waals surface area (Å²) in [6.45, 7) is 9.48. The van der Waals surface area contributed by atoms with E-state index in [2.05, 4.69) is 49.9 Å². The van der Waals surface area contributed by atoms with Crippen molar-refractivity contribution in [2.24, 2.45) is 5.73 Å². The topological polar surface area (TPSA) is 29.3 Å². The first-order chi connectivity index (χ1) is 7.72. The summed E-state index contributed by atoms with van der Waals surface area (Å²) in [7, 11) is 0. The van der Waals surface area contributed by atoms with Gasteiger partial charge in [0.2, 0.25) is 0 Å². The van der Waals surface area contributed by atoms with Gasteiger partial charge in [0.25, 0.3) is 0 Å². The molecule has 0 spiro atoms. The van der Waals surface area contributed by atoms with Crippen molar-refractivity contribution in [3.63, 3.8) is 0 Å². The van der Waals surface area contributed by atoms with Crippen LogP contribution in [0.2, 0.25) is 0 Å². The van der Waals surface area contributed by atoms with Crippen LogP contribution in [0, 0.1) is 0 Å². The molecular formula is C14H24N2. The maximum absolute atomic E-state index is 5.76. The van der Waals surface area contributed by atoms with Crippen molar-refractivity contribution in [3.05, 3.63) is 35.4 Å². The van der Waals surface area contributed by atoms with Crippen LogP contribution in [0.15, 0.2) is 24.3 Å². The van der Waals surface area contributed by atoms with E-state index in [0.717, 1.165) is 13.1 Å². The summed E-state index contributed by atoms with van der Waals surface area (Å²) < 4.78 is 0. The summed E-state index contributed by atoms with van der Waals surface area (Å²) in [4.78, 5) is 2.49. The zero-order valence-electron chi connectivity index (χ0n) is 10.7. The maximum Gasteiger partial charge on any atom is 0.0239 e. The van der Waals surface area contributed by atoms with Gasteiger partial charge in [-0.25, -0.2) is 0 Å². The van der Waals surface area contributed by atoms with Gasteiger partial charge in [-0.2, -0.15) is 0 Å². The fourth-order valence-electron chi connectivity index (χ4n) is 1.97. The van der Waals surface area contributed by atoms with Crippen LogP contribution in [0.5, 0.6) is 0 Å². The van der Waals surface area contributed by atoms with Crippen molar-refractivity contribution in [1.82, 2.24) is 4.90 Å². The summed E-state index contributed by atoms with van der Waals surface area (Å²) in [5.41, 5.74) is 8.39. The monoisotopic (exact) mass is 220 g/mol. The standard InChI is InChI=1S/C14H24N2/c1-4-12(3)16(5-2)11-14-9-7-6-8-13(14)10-15/h6-9,12H,4-5,10-11,15H2,1-3H3. The summed E-state index contributed by atoms with van der Waals surface area (Å²) in [6.07, 6.45) is 1.19. The third-order valence-electron chi connectivity index (χ3n) is 3.33. The van der Waals surface area contributed by atoms with Crippen molar-refractivity contribution in [1.29, 1.82) is 0 Å². The first-order valence-corrected chi connectivity index (χ1v) is 6.23. The lowest BCUT2D eigenvalue weighted by molar-refractivity contribution is 0.205. The Kier molecular flexibility index (Phi) is 5.50. The molecule has 1 rings (SSSR count). The molecule has 2 nitrogen and oxygen atoms in total. The van der Waals surface area contributed by atoms with Crippen LogP contribution in [-0.2, 0) is 13.1 Å². The van der Waals surface area contributed by atoms with E-state index in [-0.39, 0.29) is 0 Å². The fraction of sp³-hybridized carbons (Fsp3) is 0.571. The van der Waals surface area contributed by atoms with E-state index in [4.69, 9.17) is 5.73 Å². The molecule has 0 aliphatic heterocycles. The van der Waals surface area contributed by atoms with Crippen molar-refractivity contribution < 1.29 is 0 Å². The molecule has 0 heterocycles. The van der Waals surface area contributed by atoms with Crippen molar-refractivity contribution in [2.45, 2.75) is 46.3 Å². The highest BCUT2D eigenvalue weighted by Gasteiger charge is 2.11. The second-order valence-corrected chi connectivity index (χ2v) is 4.29. The lowest BCUT2D eigenvalue weighted by Crippen LogP contribution is -2.32. The number of nitrogens with zero attached hydrogens (tertiary/aromatic N) is 1. The number of rotatable bonds is 6. The lowest BCUT2D eigenvalue weighted by Gasteiger charge is -2.27. The van der Waals surface area contributed by atoms with Crippen molar-refractivity contribution >= 4 is 0 Å². The molecular weight excluding hydrogens is 196 g/mol. The first-order valence-electron chi connectivity index (χ1n) is 6.23. The number of hydrogen-bond donors (Lipinski definition) is 1. The molecule has 0 amide bonds. The lowest BCUT2D eigenvalue weighted by atomic mass is 10.1. The van der Waals surface area contributed by atoms with Crippen LogP contribution in [0.3, 0.4) is 0 Å². The minimum absolute atomic E-state index is 0.633. The zero-order valence-corrected chi connectivity index (χ0v) is 10.7. The van der Waals surface area contributed by atoms with Gasteiger partial charge in [0.05, 0.1) is 0 Å². The van der Waals surface area contributed by atoms with E-state index in [1.54, 1.807) is 0 Å². The Morgan fingerprint density at radius 3 is 2.31 bits per heavy atom. The Balaban J connectivity index is 2.77. The Morgan fingerprint density at radius 2 is 1.81 bits per heavy atom. The average molecular weight is 220 g/mol. The van der Waals surface area contributed by atoms with Crippen LogP contribution in [0.25, 0.3) is 0 Å². The molecule has 0 bridgehead atoms. The largest absolute Gasteiger partial charge is 0.326 e. The van der Waals surface area contributed by atoms with Gasteiger partial charge in [0.1, 0.15) is 0 Å². The molecule has 1 aromatic rings. The SMILES string of the molecule is CCC(C)N(CC)Cc1ccccc1CN. The predicted octanol–water partition coefficient (Wildman–Crippen LogP) is 2.77. The Bertz CT molecular complexity index is 309. The van der Waals surface area contributed by atoms with Gasteiger partial charge < -0.3 is 5.73 Å². The molecule has 2 heteroatoms. The van der Waals surface area contributed by atoms with Gasteiger partial charge in [-0.3, -0.25) is 4.90 Å². The normalized spacial score (nSPS) is 13.1. The molecule has 0 radical (unpaired) electrons. The van der Waals surface area contributed by atoms with Crippen LogP contribution in [0.4, 0.5) is 0 Å². The number of nitrogens with two attached hydrogens (primary N) is 1. The molecule has 0 aromatic heterocycles. The molecule has 0 saturated heterocycles. The second-order valence-electron chi connectivity index (χ2n) is 4.29. The highest BCUT2D eigenvalue weighted by Crippen LogP contribution is 2.14. The maximum atomic E-state index is 5.76. The number of benzene rings is 1. The van der Waals surface area contributed by atoms with Crippen LogP contribution in [-0.4, -0.2) is 17.5 Å². The number of hydrogen-bond acceptors (Lipinski definition) is 2. The molecule has 90 valence electrons. The minimum atomic E-state index is 0.633. The van der Waals surface area contributed by atoms with E-state index in [0.29, 0.717) is 12.6 Å². The first kappa shape index (κ1) is 13.2. The Labute approximate surface area is 99.5 Å². The summed E-state index contributed by atoms with van der Waals surface area (Å²) in [5, 5.41) is 0. The van der Waals surface area contributed by atoms with Gasteiger partial charge in [0.15, 0.2) is 0 Å². The molecule has 0 fully saturated rings. The van der Waals surface area contributed by atoms with Crippen molar-refractivity contribution in [3.8, 4) is 0 Å². The molecule has 2 N–H and O–H groups in total. The predicted molar refractivity (Wildman–Crippen MR) is 70.2 cm³/mol. The van der Waals surface area contributed by atoms with E-state index in [1.807, 2.05) is 0 Å². The summed E-state index contributed by atoms with van der Waals surface area (Å²) in [6, 6.07) is 9.10. The molecule has 16 heavy (non-hydrogen) atoms. The molecule has 0 saturated carbocycles. The fourth-order valence-corrected chi connectivity index (χ4v) is 1.97. The van der Waals surface area contributed by atoms with Gasteiger partial charge in [-0.05, 0) is 31.0 Å². The quantitative estimate of drug-likeness (QED) is 0.798. The van der Waals surface area contributed by atoms with Gasteiger partial charge in [-0.1, -0.05) is 38.1 Å². The van der Waals surface area contributed by atoms with Gasteiger partial charge >= 0.3 is 0 Å². The molecule has 1 unspecified atom stereocenters. The van der Waals surface area contributed by atoms with Crippen LogP contribution < -0.4 is 5.73 Å². The Morgan fingerprint density at radius 1 is 1.19 bits per heavy atom. The average Bonchev–Trinajstić information content (AvgIpc) is 2.35. The smallest absolute Gasteiger partial charge is 0.0239 e. The minimum Gasteiger partial charge on any atom is -0.326 e. The molecule has 1 aromatic carbocycles. The second kappa shape index (κ2) is 6.66.